The number of imidazole rings is 1. The van der Waals surface area contributed by atoms with Crippen molar-refractivity contribution >= 4 is 38.2 Å². The average Bonchev–Trinajstić information content (AvgIpc) is 3.03. The molecule has 1 fully saturated rings. The Hall–Kier alpha value is -2.36. The van der Waals surface area contributed by atoms with E-state index in [2.05, 4.69) is 48.6 Å². The molecule has 2 rings (SSSR count). The number of carbonyl (C=O) groups excluding carboxylic acids is 3. The first kappa shape index (κ1) is 34.8. The number of primary amides is 1. The second-order valence-electron chi connectivity index (χ2n) is 12.7. The highest BCUT2D eigenvalue weighted by atomic mass is 79.9. The summed E-state index contributed by atoms with van der Waals surface area (Å²) in [6.45, 7) is 17.6. The summed E-state index contributed by atoms with van der Waals surface area (Å²) in [5, 5.41) is 2.83. The van der Waals surface area contributed by atoms with Crippen molar-refractivity contribution in [3.63, 3.8) is 0 Å². The van der Waals surface area contributed by atoms with Crippen LogP contribution in [0.4, 0.5) is 4.79 Å². The largest absolute Gasteiger partial charge is 0.461 e. The molecule has 0 radical (unpaired) electrons. The number of ketones is 1. The van der Waals surface area contributed by atoms with Gasteiger partial charge in [0.1, 0.15) is 17.4 Å². The summed E-state index contributed by atoms with van der Waals surface area (Å²) in [5.41, 5.74) is 6.76. The molecule has 0 aliphatic heterocycles. The van der Waals surface area contributed by atoms with Crippen molar-refractivity contribution in [2.45, 2.75) is 136 Å². The Kier molecular flexibility index (Phi) is 13.4. The van der Waals surface area contributed by atoms with Crippen LogP contribution in [0.2, 0.25) is 0 Å². The highest BCUT2D eigenvalue weighted by Crippen LogP contribution is 2.35. The highest BCUT2D eigenvalue weighted by molar-refractivity contribution is 9.15. The highest BCUT2D eigenvalue weighted by Gasteiger charge is 2.34. The minimum Gasteiger partial charge on any atom is -0.461 e. The van der Waals surface area contributed by atoms with Gasteiger partial charge in [-0.3, -0.25) is 14.2 Å². The molecule has 4 unspecified atom stereocenters. The van der Waals surface area contributed by atoms with E-state index in [0.29, 0.717) is 42.6 Å². The number of rotatable bonds is 14. The monoisotopic (exact) mass is 638 g/mol. The summed E-state index contributed by atoms with van der Waals surface area (Å²) in [6.07, 6.45) is 6.25. The Morgan fingerprint density at radius 3 is 2.41 bits per heavy atom. The molecular weight excluding hydrogens is 588 g/mol. The van der Waals surface area contributed by atoms with E-state index in [0.717, 1.165) is 37.1 Å². The Labute approximate surface area is 254 Å². The van der Waals surface area contributed by atoms with Gasteiger partial charge in [0.2, 0.25) is 5.91 Å². The minimum atomic E-state index is -0.656. The zero-order valence-electron chi connectivity index (χ0n) is 26.1. The van der Waals surface area contributed by atoms with Crippen LogP contribution in [-0.4, -0.2) is 45.1 Å². The lowest BCUT2D eigenvalue weighted by atomic mass is 9.89. The van der Waals surface area contributed by atoms with Gasteiger partial charge in [-0.05, 0) is 95.5 Å². The molecule has 0 bridgehead atoms. The Bertz CT molecular complexity index is 1060. The van der Waals surface area contributed by atoms with Crippen LogP contribution in [0.1, 0.15) is 123 Å². The number of alkyl carbamates (subject to hydrolysis) is 1. The molecule has 9 nitrogen and oxygen atoms in total. The summed E-state index contributed by atoms with van der Waals surface area (Å²) in [5.74, 6) is -0.751. The molecule has 1 saturated carbocycles. The van der Waals surface area contributed by atoms with Crippen LogP contribution in [-0.2, 0) is 14.3 Å². The van der Waals surface area contributed by atoms with E-state index in [-0.39, 0.29) is 42.1 Å². The fourth-order valence-corrected chi connectivity index (χ4v) is 5.92. The second kappa shape index (κ2) is 15.8. The molecule has 1 aromatic heterocycles. The maximum absolute atomic E-state index is 13.6. The minimum absolute atomic E-state index is 0.0222. The third kappa shape index (κ3) is 11.1. The average molecular weight is 640 g/mol. The van der Waals surface area contributed by atoms with Crippen molar-refractivity contribution < 1.29 is 23.9 Å². The predicted molar refractivity (Wildman–Crippen MR) is 166 cm³/mol. The summed E-state index contributed by atoms with van der Waals surface area (Å²) < 4.78 is 14.6. The molecule has 1 aliphatic rings. The van der Waals surface area contributed by atoms with Crippen molar-refractivity contribution in [3.05, 3.63) is 18.0 Å². The van der Waals surface area contributed by atoms with Crippen LogP contribution in [0.15, 0.2) is 6.58 Å². The molecule has 3 N–H and O–H groups in total. The van der Waals surface area contributed by atoms with Crippen molar-refractivity contribution in [1.82, 2.24) is 14.9 Å². The molecule has 0 saturated heterocycles. The Morgan fingerprint density at radius 1 is 1.17 bits per heavy atom. The smallest absolute Gasteiger partial charge is 0.408 e. The number of ether oxygens (including phenoxy) is 2. The molecule has 1 aromatic rings. The summed E-state index contributed by atoms with van der Waals surface area (Å²) in [6, 6.07) is -0.0551. The molecule has 10 heteroatoms. The number of aromatic nitrogens is 2. The first-order chi connectivity index (χ1) is 19.1. The van der Waals surface area contributed by atoms with E-state index in [1.165, 1.54) is 0 Å². The zero-order chi connectivity index (χ0) is 30.9. The van der Waals surface area contributed by atoms with Gasteiger partial charge in [-0.15, -0.1) is 0 Å². The van der Waals surface area contributed by atoms with E-state index < -0.39 is 17.7 Å². The standard InChI is InChI=1S/C31H51BrN4O5/c1-9-10-11-12-13-25(34-30(39)41-31(6,7)8)26(37)17-22-14-15-23(28(33)38)18-24(16-22)40-29-35-27(20(4)32)21(5)36(29)19(2)3/h19,22-25H,4,9-18H2,1-3,5-8H3,(H2,33,38)(H,34,39). The predicted octanol–water partition coefficient (Wildman–Crippen LogP) is 7.00. The molecule has 0 aromatic carbocycles. The van der Waals surface area contributed by atoms with Gasteiger partial charge in [-0.2, -0.15) is 4.98 Å². The maximum Gasteiger partial charge on any atom is 0.408 e. The number of amides is 2. The van der Waals surface area contributed by atoms with Gasteiger partial charge in [0.25, 0.3) is 6.01 Å². The molecule has 1 aliphatic carbocycles. The van der Waals surface area contributed by atoms with Crippen molar-refractivity contribution in [3.8, 4) is 6.01 Å². The molecule has 4 atom stereocenters. The topological polar surface area (TPSA) is 126 Å². The molecule has 41 heavy (non-hydrogen) atoms. The van der Waals surface area contributed by atoms with E-state index >= 15 is 0 Å². The van der Waals surface area contributed by atoms with Crippen molar-refractivity contribution in [2.24, 2.45) is 17.6 Å². The van der Waals surface area contributed by atoms with Crippen LogP contribution in [0.3, 0.4) is 0 Å². The number of nitrogens with two attached hydrogens (primary N) is 1. The van der Waals surface area contributed by atoms with Crippen molar-refractivity contribution in [1.29, 1.82) is 0 Å². The lowest BCUT2D eigenvalue weighted by Gasteiger charge is -2.25. The number of hydrogen-bond donors (Lipinski definition) is 2. The fraction of sp³-hybridized carbons (Fsp3) is 0.742. The van der Waals surface area contributed by atoms with Gasteiger partial charge in [0, 0.05) is 28.6 Å². The van der Waals surface area contributed by atoms with E-state index in [9.17, 15) is 14.4 Å². The van der Waals surface area contributed by atoms with Gasteiger partial charge in [0.15, 0.2) is 5.78 Å². The van der Waals surface area contributed by atoms with Crippen molar-refractivity contribution in [2.75, 3.05) is 0 Å². The van der Waals surface area contributed by atoms with Gasteiger partial charge in [-0.25, -0.2) is 4.79 Å². The van der Waals surface area contributed by atoms with E-state index in [1.54, 1.807) is 20.8 Å². The summed E-state index contributed by atoms with van der Waals surface area (Å²) >= 11 is 3.44. The number of Topliss-reactive ketones (excluding diaryl/α,β-unsaturated/α-hetero) is 1. The number of unbranched alkanes of at least 4 members (excludes halogenated alkanes) is 3. The SMILES string of the molecule is C=C(Br)c1nc(OC2CC(CC(=O)C(CCCCCC)NC(=O)OC(C)(C)C)CCC(C(N)=O)C2)n(C(C)C)c1C. The molecular formula is C31H51BrN4O5. The molecule has 232 valence electrons. The van der Waals surface area contributed by atoms with E-state index in [1.807, 2.05) is 11.5 Å². The summed E-state index contributed by atoms with van der Waals surface area (Å²) in [4.78, 5) is 43.1. The molecule has 1 heterocycles. The number of carbonyl (C=O) groups is 3. The fourth-order valence-electron chi connectivity index (χ4n) is 5.55. The van der Waals surface area contributed by atoms with Gasteiger partial charge in [0.05, 0.1) is 6.04 Å². The molecule has 0 spiro atoms. The van der Waals surface area contributed by atoms with Crippen LogP contribution < -0.4 is 15.8 Å². The number of nitrogens with zero attached hydrogens (tertiary/aromatic N) is 2. The van der Waals surface area contributed by atoms with Crippen LogP contribution >= 0.6 is 15.9 Å². The lowest BCUT2D eigenvalue weighted by molar-refractivity contribution is -0.123. The first-order valence-electron chi connectivity index (χ1n) is 15.0. The quantitative estimate of drug-likeness (QED) is 0.167. The lowest BCUT2D eigenvalue weighted by Crippen LogP contribution is -2.44. The van der Waals surface area contributed by atoms with Crippen LogP contribution in [0.25, 0.3) is 4.48 Å². The Morgan fingerprint density at radius 2 is 1.85 bits per heavy atom. The number of hydrogen-bond acceptors (Lipinski definition) is 6. The van der Waals surface area contributed by atoms with Gasteiger partial charge < -0.3 is 20.5 Å². The van der Waals surface area contributed by atoms with Crippen LogP contribution in [0.5, 0.6) is 6.01 Å². The first-order valence-corrected chi connectivity index (χ1v) is 15.8. The zero-order valence-corrected chi connectivity index (χ0v) is 27.6. The van der Waals surface area contributed by atoms with E-state index in [4.69, 9.17) is 20.2 Å². The number of halogens is 1. The van der Waals surface area contributed by atoms with Crippen LogP contribution in [0, 0.1) is 18.8 Å². The van der Waals surface area contributed by atoms with Gasteiger partial charge in [-0.1, -0.05) is 39.2 Å². The second-order valence-corrected chi connectivity index (χ2v) is 13.6. The third-order valence-electron chi connectivity index (χ3n) is 7.55. The summed E-state index contributed by atoms with van der Waals surface area (Å²) in [7, 11) is 0. The molecule has 2 amide bonds. The third-order valence-corrected chi connectivity index (χ3v) is 7.92. The normalized spacial score (nSPS) is 20.3. The number of nitrogens with one attached hydrogen (secondary N) is 1. The van der Waals surface area contributed by atoms with Gasteiger partial charge >= 0.3 is 6.09 Å². The Balaban J connectivity index is 2.24. The maximum atomic E-state index is 13.6.